The van der Waals surface area contributed by atoms with Gasteiger partial charge in [-0.15, -0.1) is 13.2 Å². The average Bonchev–Trinajstić information content (AvgIpc) is 2.97. The van der Waals surface area contributed by atoms with Gasteiger partial charge in [0, 0.05) is 47.7 Å². The number of anilines is 1. The number of alkyl carbamates (subject to hydrolysis) is 1. The van der Waals surface area contributed by atoms with Crippen molar-refractivity contribution in [3.63, 3.8) is 0 Å². The van der Waals surface area contributed by atoms with Gasteiger partial charge < -0.3 is 25.0 Å². The molecule has 0 atom stereocenters. The van der Waals surface area contributed by atoms with Crippen LogP contribution in [0.2, 0.25) is 0 Å². The molecule has 0 radical (unpaired) electrons. The van der Waals surface area contributed by atoms with Gasteiger partial charge in [0.15, 0.2) is 0 Å². The van der Waals surface area contributed by atoms with Gasteiger partial charge >= 0.3 is 6.09 Å². The third-order valence-corrected chi connectivity index (χ3v) is 8.03. The van der Waals surface area contributed by atoms with Gasteiger partial charge in [0.05, 0.1) is 7.11 Å². The number of amides is 2. The van der Waals surface area contributed by atoms with Gasteiger partial charge in [-0.05, 0) is 115 Å². The van der Waals surface area contributed by atoms with E-state index < -0.39 is 5.60 Å². The first-order valence-corrected chi connectivity index (χ1v) is 15.9. The number of carbonyl (C=O) groups is 2. The Morgan fingerprint density at radius 3 is 2.45 bits per heavy atom. The second-order valence-electron chi connectivity index (χ2n) is 12.5. The van der Waals surface area contributed by atoms with Crippen LogP contribution in [0.3, 0.4) is 0 Å². The van der Waals surface area contributed by atoms with Crippen LogP contribution >= 0.6 is 0 Å². The Morgan fingerprint density at radius 2 is 1.84 bits per heavy atom. The molecule has 8 heteroatoms. The van der Waals surface area contributed by atoms with Crippen LogP contribution in [0.1, 0.15) is 99.0 Å². The summed E-state index contributed by atoms with van der Waals surface area (Å²) in [5.41, 5.74) is 5.08. The first-order chi connectivity index (χ1) is 21.0. The lowest BCUT2D eigenvalue weighted by Gasteiger charge is -2.39. The molecule has 1 heterocycles. The lowest BCUT2D eigenvalue weighted by atomic mass is 9.89. The molecule has 0 saturated heterocycles. The van der Waals surface area contributed by atoms with Crippen molar-refractivity contribution in [1.29, 1.82) is 0 Å². The number of carbonyl (C=O) groups excluding carboxylic acids is 2. The fourth-order valence-corrected chi connectivity index (χ4v) is 6.06. The molecule has 2 aromatic rings. The number of benzene rings is 1. The van der Waals surface area contributed by atoms with Crippen molar-refractivity contribution >= 4 is 17.7 Å². The molecule has 2 amide bonds. The van der Waals surface area contributed by atoms with Gasteiger partial charge in [-0.2, -0.15) is 0 Å². The third kappa shape index (κ3) is 9.60. The molecule has 1 aliphatic rings. The van der Waals surface area contributed by atoms with E-state index in [1.54, 1.807) is 7.11 Å². The number of aryl methyl sites for hydroxylation is 2. The van der Waals surface area contributed by atoms with Crippen LogP contribution in [0.4, 0.5) is 10.5 Å². The molecule has 3 rings (SSSR count). The fraction of sp³-hybridized carbons (Fsp3) is 0.528. The zero-order chi connectivity index (χ0) is 32.3. The molecule has 8 nitrogen and oxygen atoms in total. The zero-order valence-electron chi connectivity index (χ0n) is 27.6. The van der Waals surface area contributed by atoms with E-state index in [4.69, 9.17) is 9.47 Å². The molecule has 1 aromatic carbocycles. The number of pyridine rings is 1. The number of nitrogens with zero attached hydrogens (tertiary/aromatic N) is 2. The lowest BCUT2D eigenvalue weighted by Crippen LogP contribution is -2.45. The number of aromatic nitrogens is 1. The molecule has 0 unspecified atom stereocenters. The minimum atomic E-state index is -0.518. The maximum absolute atomic E-state index is 13.7. The molecule has 0 bridgehead atoms. The van der Waals surface area contributed by atoms with E-state index in [9.17, 15) is 9.59 Å². The average molecular weight is 605 g/mol. The van der Waals surface area contributed by atoms with Crippen molar-refractivity contribution in [2.45, 2.75) is 110 Å². The highest BCUT2D eigenvalue weighted by molar-refractivity contribution is 5.97. The van der Waals surface area contributed by atoms with E-state index in [1.807, 2.05) is 52.0 Å². The summed E-state index contributed by atoms with van der Waals surface area (Å²) in [6, 6.07) is 8.44. The van der Waals surface area contributed by atoms with E-state index in [0.29, 0.717) is 30.5 Å². The molecule has 0 spiro atoms. The summed E-state index contributed by atoms with van der Waals surface area (Å²) < 4.78 is 11.1. The minimum absolute atomic E-state index is 0.0967. The first kappa shape index (κ1) is 34.7. The molecule has 1 aliphatic carbocycles. The molecule has 1 fully saturated rings. The Labute approximate surface area is 264 Å². The molecule has 240 valence electrons. The largest absolute Gasteiger partial charge is 0.481 e. The smallest absolute Gasteiger partial charge is 0.407 e. The van der Waals surface area contributed by atoms with E-state index >= 15 is 0 Å². The predicted octanol–water partition coefficient (Wildman–Crippen LogP) is 7.23. The van der Waals surface area contributed by atoms with Crippen LogP contribution < -0.4 is 20.3 Å². The number of unbranched alkanes of at least 4 members (excludes halogenated alkanes) is 1. The summed E-state index contributed by atoms with van der Waals surface area (Å²) in [5.74, 6) is 0.414. The van der Waals surface area contributed by atoms with Crippen molar-refractivity contribution < 1.29 is 19.1 Å². The van der Waals surface area contributed by atoms with Gasteiger partial charge in [-0.3, -0.25) is 4.79 Å². The maximum Gasteiger partial charge on any atom is 0.407 e. The topological polar surface area (TPSA) is 92.8 Å². The summed E-state index contributed by atoms with van der Waals surface area (Å²) in [4.78, 5) is 33.0. The highest BCUT2D eigenvalue weighted by atomic mass is 16.6. The van der Waals surface area contributed by atoms with Crippen molar-refractivity contribution in [2.24, 2.45) is 0 Å². The third-order valence-electron chi connectivity index (χ3n) is 8.03. The Kier molecular flexibility index (Phi) is 12.9. The van der Waals surface area contributed by atoms with Crippen LogP contribution in [-0.2, 0) is 24.1 Å². The summed E-state index contributed by atoms with van der Waals surface area (Å²) >= 11 is 0. The fourth-order valence-electron chi connectivity index (χ4n) is 6.06. The number of allylic oxidation sites excluding steroid dienone is 2. The van der Waals surface area contributed by atoms with Crippen molar-refractivity contribution in [2.75, 3.05) is 18.6 Å². The van der Waals surface area contributed by atoms with Crippen molar-refractivity contribution in [1.82, 2.24) is 15.6 Å². The number of nitrogens with one attached hydrogen (secondary N) is 2. The van der Waals surface area contributed by atoms with Crippen LogP contribution in [0.5, 0.6) is 5.88 Å². The molecular weight excluding hydrogens is 552 g/mol. The summed E-state index contributed by atoms with van der Waals surface area (Å²) in [6.07, 6.45) is 10.4. The van der Waals surface area contributed by atoms with Crippen LogP contribution in [0.25, 0.3) is 0 Å². The maximum atomic E-state index is 13.7. The first-order valence-electron chi connectivity index (χ1n) is 15.9. The SMILES string of the molecule is C=CCCCc1cc(C)nc(OC)c1CNC(=O)c1cccc(N(CC)[C@H]2CC[C@H](NC(=O)OC(C)(C)C)CC2)c1CC=C. The molecule has 44 heavy (non-hydrogen) atoms. The molecule has 2 N–H and O–H groups in total. The molecule has 1 saturated carbocycles. The van der Waals surface area contributed by atoms with Gasteiger partial charge in [-0.25, -0.2) is 9.78 Å². The normalized spacial score (nSPS) is 16.5. The van der Waals surface area contributed by atoms with E-state index in [1.165, 1.54) is 0 Å². The lowest BCUT2D eigenvalue weighted by molar-refractivity contribution is 0.0491. The Bertz CT molecular complexity index is 1290. The second-order valence-corrected chi connectivity index (χ2v) is 12.5. The van der Waals surface area contributed by atoms with Gasteiger partial charge in [-0.1, -0.05) is 18.2 Å². The Balaban J connectivity index is 1.78. The highest BCUT2D eigenvalue weighted by Crippen LogP contribution is 2.32. The number of rotatable bonds is 14. The molecule has 0 aliphatic heterocycles. The highest BCUT2D eigenvalue weighted by Gasteiger charge is 2.29. The van der Waals surface area contributed by atoms with Crippen molar-refractivity contribution in [3.05, 3.63) is 77.5 Å². The summed E-state index contributed by atoms with van der Waals surface area (Å²) in [5, 5.41) is 6.20. The summed E-state index contributed by atoms with van der Waals surface area (Å²) in [6.45, 7) is 18.7. The van der Waals surface area contributed by atoms with E-state index in [0.717, 1.165) is 79.6 Å². The van der Waals surface area contributed by atoms with Gasteiger partial charge in [0.2, 0.25) is 5.88 Å². The van der Waals surface area contributed by atoms with Crippen LogP contribution in [-0.4, -0.2) is 48.3 Å². The number of methoxy groups -OCH3 is 1. The quantitative estimate of drug-likeness (QED) is 0.175. The number of ether oxygens (including phenoxy) is 2. The number of hydrogen-bond acceptors (Lipinski definition) is 6. The van der Waals surface area contributed by atoms with Crippen LogP contribution in [0, 0.1) is 6.92 Å². The second kappa shape index (κ2) is 16.3. The van der Waals surface area contributed by atoms with Crippen molar-refractivity contribution in [3.8, 4) is 5.88 Å². The molecular formula is C36H52N4O4. The number of hydrogen-bond donors (Lipinski definition) is 2. The van der Waals surface area contributed by atoms with E-state index in [-0.39, 0.29) is 18.0 Å². The van der Waals surface area contributed by atoms with Crippen LogP contribution in [0.15, 0.2) is 49.6 Å². The Hall–Kier alpha value is -3.81. The monoisotopic (exact) mass is 604 g/mol. The Morgan fingerprint density at radius 1 is 1.11 bits per heavy atom. The molecule has 1 aromatic heterocycles. The van der Waals surface area contributed by atoms with E-state index in [2.05, 4.69) is 52.7 Å². The predicted molar refractivity (Wildman–Crippen MR) is 179 cm³/mol. The zero-order valence-corrected chi connectivity index (χ0v) is 27.6. The summed E-state index contributed by atoms with van der Waals surface area (Å²) in [7, 11) is 1.62. The van der Waals surface area contributed by atoms with Gasteiger partial charge in [0.1, 0.15) is 5.60 Å². The van der Waals surface area contributed by atoms with Gasteiger partial charge in [0.25, 0.3) is 5.91 Å². The minimum Gasteiger partial charge on any atom is -0.481 e. The standard InChI is InChI=1S/C36H52N4O4/c1-9-12-13-16-26-23-25(4)38-34(43-8)31(26)24-37-33(41)30-17-14-18-32(29(30)15-10-2)40(11-3)28-21-19-27(20-22-28)39-35(42)44-36(5,6)7/h9-10,14,17-18,23,27-28H,1-2,11-13,15-16,19-22,24H2,3-8H3,(H,37,41)(H,39,42)/t27-,28-.